The maximum Gasteiger partial charge on any atom is 0.219 e. The van der Waals surface area contributed by atoms with Gasteiger partial charge in [-0.2, -0.15) is 0 Å². The third kappa shape index (κ3) is 7.45. The van der Waals surface area contributed by atoms with Gasteiger partial charge < -0.3 is 15.1 Å². The molecule has 0 saturated carbocycles. The number of pyridine rings is 1. The van der Waals surface area contributed by atoms with Crippen LogP contribution < -0.4 is 15.1 Å². The molecule has 0 spiro atoms. The normalized spacial score (nSPS) is 12.1. The Labute approximate surface area is 265 Å². The number of aryl methyl sites for hydroxylation is 1. The molecule has 1 N–H and O–H groups in total. The number of carbonyl (C=O) groups excluding carboxylic acids is 2. The van der Waals surface area contributed by atoms with E-state index < -0.39 is 5.82 Å². The molecular weight excluding hydrogens is 579 g/mol. The fraction of sp³-hybridized carbons (Fsp3) is 0.353. The summed E-state index contributed by atoms with van der Waals surface area (Å²) in [7, 11) is 5.59. The van der Waals surface area contributed by atoms with Crippen molar-refractivity contribution in [2.75, 3.05) is 44.0 Å². The van der Waals surface area contributed by atoms with Crippen LogP contribution in [0, 0.1) is 12.7 Å². The number of benzene rings is 2. The molecule has 8 nitrogen and oxygen atoms in total. The fourth-order valence-corrected chi connectivity index (χ4v) is 5.44. The Hall–Kier alpha value is -4.24. The molecule has 3 rings (SSSR count). The van der Waals surface area contributed by atoms with E-state index in [1.165, 1.54) is 11.0 Å². The van der Waals surface area contributed by atoms with E-state index in [0.717, 1.165) is 23.2 Å². The molecule has 2 amide bonds. The van der Waals surface area contributed by atoms with Gasteiger partial charge in [-0.05, 0) is 67.6 Å². The number of amides is 2. The molecule has 3 aromatic rings. The molecule has 44 heavy (non-hydrogen) atoms. The minimum absolute atomic E-state index is 0.0608. The number of rotatable bonds is 14. The number of anilines is 3. The predicted molar refractivity (Wildman–Crippen MR) is 180 cm³/mol. The zero-order chi connectivity index (χ0) is 32.6. The Kier molecular flexibility index (Phi) is 12.0. The van der Waals surface area contributed by atoms with Crippen LogP contribution in [-0.4, -0.2) is 68.8 Å². The first-order valence-electron chi connectivity index (χ1n) is 14.5. The lowest BCUT2D eigenvalue weighted by Crippen LogP contribution is -2.45. The summed E-state index contributed by atoms with van der Waals surface area (Å²) in [5, 5.41) is 2.94. The van der Waals surface area contributed by atoms with Crippen molar-refractivity contribution >= 4 is 47.4 Å². The van der Waals surface area contributed by atoms with Crippen LogP contribution in [-0.2, 0) is 9.59 Å². The van der Waals surface area contributed by atoms with Gasteiger partial charge in [0.05, 0.1) is 22.0 Å². The zero-order valence-corrected chi connectivity index (χ0v) is 27.3. The quantitative estimate of drug-likeness (QED) is 0.0936. The molecule has 0 radical (unpaired) electrons. The Morgan fingerprint density at radius 3 is 2.43 bits per heavy atom. The Balaban J connectivity index is 2.43. The van der Waals surface area contributed by atoms with E-state index in [-0.39, 0.29) is 34.1 Å². The van der Waals surface area contributed by atoms with Crippen LogP contribution in [0.25, 0.3) is 11.3 Å². The lowest BCUT2D eigenvalue weighted by Gasteiger charge is -2.34. The lowest BCUT2D eigenvalue weighted by atomic mass is 9.95. The van der Waals surface area contributed by atoms with Crippen molar-refractivity contribution in [1.29, 1.82) is 0 Å². The average Bonchev–Trinajstić information content (AvgIpc) is 2.99. The summed E-state index contributed by atoms with van der Waals surface area (Å²) in [6, 6.07) is 11.8. The molecule has 0 bridgehead atoms. The van der Waals surface area contributed by atoms with Gasteiger partial charge in [0.2, 0.25) is 12.8 Å². The molecule has 0 saturated heterocycles. The highest BCUT2D eigenvalue weighted by Crippen LogP contribution is 2.41. The molecule has 10 heteroatoms. The molecular formula is C34H42ClFN6O2. The second-order valence-corrected chi connectivity index (χ2v) is 11.5. The maximum atomic E-state index is 15.1. The Morgan fingerprint density at radius 2 is 1.86 bits per heavy atom. The van der Waals surface area contributed by atoms with Crippen molar-refractivity contribution in [3.8, 4) is 11.3 Å². The van der Waals surface area contributed by atoms with Crippen LogP contribution in [0.2, 0.25) is 5.02 Å². The smallest absolute Gasteiger partial charge is 0.219 e. The van der Waals surface area contributed by atoms with E-state index in [4.69, 9.17) is 16.6 Å². The Bertz CT molecular complexity index is 1520. The van der Waals surface area contributed by atoms with E-state index in [2.05, 4.69) is 36.8 Å². The average molecular weight is 621 g/mol. The van der Waals surface area contributed by atoms with Gasteiger partial charge >= 0.3 is 0 Å². The minimum atomic E-state index is -0.488. The fourth-order valence-electron chi connectivity index (χ4n) is 5.19. The number of aliphatic imine (C=N–C) groups is 1. The van der Waals surface area contributed by atoms with Crippen LogP contribution in [0.4, 0.5) is 21.6 Å². The number of amidine groups is 1. The van der Waals surface area contributed by atoms with E-state index in [1.807, 2.05) is 43.8 Å². The van der Waals surface area contributed by atoms with Gasteiger partial charge in [-0.1, -0.05) is 43.7 Å². The van der Waals surface area contributed by atoms with Gasteiger partial charge in [0.15, 0.2) is 5.82 Å². The van der Waals surface area contributed by atoms with Crippen LogP contribution in [0.15, 0.2) is 60.1 Å². The van der Waals surface area contributed by atoms with Crippen LogP contribution in [0.5, 0.6) is 0 Å². The highest BCUT2D eigenvalue weighted by molar-refractivity contribution is 6.33. The first-order chi connectivity index (χ1) is 21.0. The molecule has 0 aliphatic heterocycles. The minimum Gasteiger partial charge on any atom is -0.378 e. The number of hydrogen-bond donors (Lipinski definition) is 1. The summed E-state index contributed by atoms with van der Waals surface area (Å²) in [6.45, 7) is 12.8. The molecule has 1 aromatic heterocycles. The number of aromatic nitrogens is 1. The van der Waals surface area contributed by atoms with E-state index in [0.29, 0.717) is 43.0 Å². The van der Waals surface area contributed by atoms with Crippen molar-refractivity contribution in [3.05, 3.63) is 82.6 Å². The van der Waals surface area contributed by atoms with Crippen LogP contribution in [0.1, 0.15) is 49.8 Å². The van der Waals surface area contributed by atoms with Gasteiger partial charge in [0.1, 0.15) is 11.7 Å². The summed E-state index contributed by atoms with van der Waals surface area (Å²) in [6.07, 6.45) is 3.82. The van der Waals surface area contributed by atoms with Gasteiger partial charge in [0, 0.05) is 51.5 Å². The Morgan fingerprint density at radius 1 is 1.16 bits per heavy atom. The second-order valence-electron chi connectivity index (χ2n) is 11.1. The highest BCUT2D eigenvalue weighted by atomic mass is 35.5. The summed E-state index contributed by atoms with van der Waals surface area (Å²) in [4.78, 5) is 39.4. The number of nitrogens with one attached hydrogen (secondary N) is 1. The summed E-state index contributed by atoms with van der Waals surface area (Å²) in [5.41, 5.74) is 4.38. The molecule has 0 fully saturated rings. The van der Waals surface area contributed by atoms with Crippen molar-refractivity contribution in [1.82, 2.24) is 15.2 Å². The van der Waals surface area contributed by atoms with Gasteiger partial charge in [-0.25, -0.2) is 9.37 Å². The highest BCUT2D eigenvalue weighted by Gasteiger charge is 2.29. The topological polar surface area (TPSA) is 81.1 Å². The van der Waals surface area contributed by atoms with Crippen molar-refractivity contribution < 1.29 is 14.0 Å². The number of hydrogen-bond acceptors (Lipinski definition) is 5. The van der Waals surface area contributed by atoms with Crippen LogP contribution in [0.3, 0.4) is 0 Å². The molecule has 1 atom stereocenters. The van der Waals surface area contributed by atoms with Gasteiger partial charge in [-0.3, -0.25) is 19.5 Å². The third-order valence-corrected chi connectivity index (χ3v) is 7.73. The molecule has 1 unspecified atom stereocenters. The largest absolute Gasteiger partial charge is 0.378 e. The summed E-state index contributed by atoms with van der Waals surface area (Å²) < 4.78 is 15.1. The van der Waals surface area contributed by atoms with Gasteiger partial charge in [-0.15, -0.1) is 6.58 Å². The third-order valence-electron chi connectivity index (χ3n) is 7.44. The summed E-state index contributed by atoms with van der Waals surface area (Å²) >= 11 is 6.85. The van der Waals surface area contributed by atoms with Crippen molar-refractivity contribution in [2.24, 2.45) is 4.99 Å². The first-order valence-corrected chi connectivity index (χ1v) is 14.9. The monoisotopic (exact) mass is 620 g/mol. The number of carbonyl (C=O) groups is 2. The molecule has 0 aliphatic carbocycles. The van der Waals surface area contributed by atoms with E-state index >= 15 is 4.39 Å². The zero-order valence-electron chi connectivity index (χ0n) is 26.6. The van der Waals surface area contributed by atoms with Crippen molar-refractivity contribution in [3.63, 3.8) is 0 Å². The van der Waals surface area contributed by atoms with Crippen LogP contribution >= 0.6 is 11.6 Å². The number of halogens is 2. The SMILES string of the molecule is C=CCCN(/C(=N/C)c1cc(Cl)c(-c2ccccc2F)nc1N(C=O)c1c(C)cc(N(C)C)cc1C(C)C)C(C)CNC=O. The molecule has 1 heterocycles. The van der Waals surface area contributed by atoms with Gasteiger partial charge in [0.25, 0.3) is 0 Å². The molecule has 234 valence electrons. The lowest BCUT2D eigenvalue weighted by molar-refractivity contribution is -0.109. The van der Waals surface area contributed by atoms with Crippen molar-refractivity contribution in [2.45, 2.75) is 46.1 Å². The first kappa shape index (κ1) is 34.3. The number of nitrogens with zero attached hydrogens (tertiary/aromatic N) is 5. The van der Waals surface area contributed by atoms with E-state index in [1.54, 1.807) is 37.4 Å². The summed E-state index contributed by atoms with van der Waals surface area (Å²) in [5.74, 6) is 0.339. The molecule has 2 aromatic carbocycles. The molecule has 0 aliphatic rings. The maximum absolute atomic E-state index is 15.1. The van der Waals surface area contributed by atoms with E-state index in [9.17, 15) is 9.59 Å². The predicted octanol–water partition coefficient (Wildman–Crippen LogP) is 6.72. The second kappa shape index (κ2) is 15.5. The standard InChI is InChI=1S/C34H42ClFN6O2/c1-9-10-15-41(24(5)19-38-20-43)33(37-6)28-18-29(35)31(26-13-11-12-14-30(26)36)39-34(28)42(21-44)32-23(4)16-25(40(7)8)17-27(32)22(2)3/h9,11-14,16-18,20-22,24H,1,10,15,19H2,2-8H3,(H,38,43)/b37-33+.